The number of primary amides is 1. The van der Waals surface area contributed by atoms with E-state index in [1.807, 2.05) is 0 Å². The highest BCUT2D eigenvalue weighted by molar-refractivity contribution is 7.89. The van der Waals surface area contributed by atoms with Gasteiger partial charge in [-0.2, -0.15) is 4.31 Å². The number of hydrogen-bond acceptors (Lipinski definition) is 5. The molecule has 2 amide bonds. The Bertz CT molecular complexity index is 816. The number of sulfonamides is 1. The van der Waals surface area contributed by atoms with Crippen molar-refractivity contribution in [1.29, 1.82) is 0 Å². The highest BCUT2D eigenvalue weighted by Crippen LogP contribution is 2.30. The Morgan fingerprint density at radius 1 is 1.15 bits per heavy atom. The molecule has 0 bridgehead atoms. The molecule has 2 fully saturated rings. The first kappa shape index (κ1) is 19.8. The molecule has 2 aliphatic rings. The molecule has 1 atom stereocenters. The van der Waals surface area contributed by atoms with Crippen LogP contribution in [-0.2, 0) is 14.8 Å². The summed E-state index contributed by atoms with van der Waals surface area (Å²) < 4.78 is 26.6. The van der Waals surface area contributed by atoms with Crippen LogP contribution in [0.3, 0.4) is 0 Å². The number of carbonyl (C=O) groups is 2. The van der Waals surface area contributed by atoms with Crippen molar-refractivity contribution < 1.29 is 23.1 Å². The Balaban J connectivity index is 1.75. The van der Waals surface area contributed by atoms with Crippen LogP contribution in [0.15, 0.2) is 29.2 Å². The highest BCUT2D eigenvalue weighted by atomic mass is 32.2. The lowest BCUT2D eigenvalue weighted by Gasteiger charge is -2.29. The predicted octanol–water partition coefficient (Wildman–Crippen LogP) is 0.360. The minimum Gasteiger partial charge on any atom is -0.392 e. The van der Waals surface area contributed by atoms with Crippen LogP contribution in [0.25, 0.3) is 0 Å². The standard InChI is InChI=1S/C18H25N3O5S/c19-17(24)18(9-1-2-10-18)20-16(23)13-5-7-15(8-6-13)27(25,26)21-11-3-4-14(22)12-21/h5-8,14,22H,1-4,9-12H2,(H2,19,24)(H,20,23)/t14-/m0/s1. The number of aliphatic hydroxyl groups is 1. The van der Waals surface area contributed by atoms with E-state index in [1.54, 1.807) is 0 Å². The highest BCUT2D eigenvalue weighted by Gasteiger charge is 2.41. The van der Waals surface area contributed by atoms with Crippen LogP contribution in [0.4, 0.5) is 0 Å². The predicted molar refractivity (Wildman–Crippen MR) is 98.3 cm³/mol. The Kier molecular flexibility index (Phi) is 5.55. The zero-order chi connectivity index (χ0) is 19.7. The maximum absolute atomic E-state index is 12.7. The minimum absolute atomic E-state index is 0.0682. The van der Waals surface area contributed by atoms with E-state index in [9.17, 15) is 23.1 Å². The topological polar surface area (TPSA) is 130 Å². The van der Waals surface area contributed by atoms with Crippen molar-refractivity contribution in [2.24, 2.45) is 5.73 Å². The molecule has 1 heterocycles. The summed E-state index contributed by atoms with van der Waals surface area (Å²) >= 11 is 0. The van der Waals surface area contributed by atoms with E-state index in [-0.39, 0.29) is 17.0 Å². The van der Waals surface area contributed by atoms with Crippen LogP contribution in [-0.4, -0.2) is 54.4 Å². The van der Waals surface area contributed by atoms with Gasteiger partial charge in [-0.15, -0.1) is 0 Å². The van der Waals surface area contributed by atoms with Gasteiger partial charge in [0.25, 0.3) is 5.91 Å². The number of benzene rings is 1. The second-order valence-corrected chi connectivity index (χ2v) is 9.23. The number of nitrogens with two attached hydrogens (primary N) is 1. The molecule has 3 rings (SSSR count). The van der Waals surface area contributed by atoms with Crippen LogP contribution in [0.2, 0.25) is 0 Å². The number of hydrogen-bond donors (Lipinski definition) is 3. The number of amides is 2. The Hall–Kier alpha value is -1.97. The van der Waals surface area contributed by atoms with E-state index in [1.165, 1.54) is 28.6 Å². The lowest BCUT2D eigenvalue weighted by atomic mass is 9.96. The third kappa shape index (κ3) is 3.99. The fourth-order valence-corrected chi connectivity index (χ4v) is 5.28. The van der Waals surface area contributed by atoms with E-state index in [2.05, 4.69) is 5.32 Å². The van der Waals surface area contributed by atoms with Gasteiger partial charge in [-0.05, 0) is 49.9 Å². The Morgan fingerprint density at radius 2 is 1.78 bits per heavy atom. The summed E-state index contributed by atoms with van der Waals surface area (Å²) in [5, 5.41) is 12.4. The normalized spacial score (nSPS) is 23.1. The van der Waals surface area contributed by atoms with Gasteiger partial charge in [-0.1, -0.05) is 12.8 Å². The SMILES string of the molecule is NC(=O)C1(NC(=O)c2ccc(S(=O)(=O)N3CCC[C@H](O)C3)cc2)CCCC1. The van der Waals surface area contributed by atoms with Gasteiger partial charge in [0.15, 0.2) is 0 Å². The number of piperidine rings is 1. The number of nitrogens with zero attached hydrogens (tertiary/aromatic N) is 1. The largest absolute Gasteiger partial charge is 0.392 e. The van der Waals surface area contributed by atoms with E-state index in [0.717, 1.165) is 12.8 Å². The number of rotatable bonds is 5. The second-order valence-electron chi connectivity index (χ2n) is 7.29. The molecule has 8 nitrogen and oxygen atoms in total. The smallest absolute Gasteiger partial charge is 0.252 e. The molecular formula is C18H25N3O5S. The van der Waals surface area contributed by atoms with Gasteiger partial charge in [0.05, 0.1) is 11.0 Å². The number of β-amino-alcohol motifs (C(OH)–C–C–N with tert-alkyl or cyclic N) is 1. The molecule has 1 aromatic rings. The lowest BCUT2D eigenvalue weighted by Crippen LogP contribution is -2.55. The summed E-state index contributed by atoms with van der Waals surface area (Å²) in [5.74, 6) is -0.996. The maximum Gasteiger partial charge on any atom is 0.252 e. The van der Waals surface area contributed by atoms with Crippen LogP contribution in [0.1, 0.15) is 48.9 Å². The molecule has 9 heteroatoms. The van der Waals surface area contributed by atoms with Gasteiger partial charge >= 0.3 is 0 Å². The zero-order valence-electron chi connectivity index (χ0n) is 15.1. The molecule has 0 spiro atoms. The zero-order valence-corrected chi connectivity index (χ0v) is 15.9. The average Bonchev–Trinajstić information content (AvgIpc) is 3.12. The molecular weight excluding hydrogens is 370 g/mol. The summed E-state index contributed by atoms with van der Waals surface area (Å²) in [5.41, 5.74) is 4.72. The first-order chi connectivity index (χ1) is 12.7. The molecule has 0 radical (unpaired) electrons. The average molecular weight is 395 g/mol. The van der Waals surface area contributed by atoms with E-state index >= 15 is 0 Å². The Labute approximate surface area is 158 Å². The molecule has 0 unspecified atom stereocenters. The lowest BCUT2D eigenvalue weighted by molar-refractivity contribution is -0.123. The molecule has 1 aliphatic heterocycles. The molecule has 0 aromatic heterocycles. The third-order valence-electron chi connectivity index (χ3n) is 5.40. The summed E-state index contributed by atoms with van der Waals surface area (Å²) in [6.07, 6.45) is 3.21. The summed E-state index contributed by atoms with van der Waals surface area (Å²) in [4.78, 5) is 24.4. The second kappa shape index (κ2) is 7.57. The van der Waals surface area contributed by atoms with Gasteiger partial charge in [-0.3, -0.25) is 9.59 Å². The molecule has 4 N–H and O–H groups in total. The van der Waals surface area contributed by atoms with E-state index < -0.39 is 33.5 Å². The minimum atomic E-state index is -3.72. The van der Waals surface area contributed by atoms with Crippen molar-refractivity contribution in [2.75, 3.05) is 13.1 Å². The van der Waals surface area contributed by atoms with Crippen LogP contribution < -0.4 is 11.1 Å². The van der Waals surface area contributed by atoms with Gasteiger partial charge in [0.2, 0.25) is 15.9 Å². The van der Waals surface area contributed by atoms with Crippen molar-refractivity contribution in [3.05, 3.63) is 29.8 Å². The van der Waals surface area contributed by atoms with Crippen molar-refractivity contribution in [2.45, 2.75) is 55.1 Å². The van der Waals surface area contributed by atoms with Crippen molar-refractivity contribution in [3.8, 4) is 0 Å². The summed E-state index contributed by atoms with van der Waals surface area (Å²) in [7, 11) is -3.72. The van der Waals surface area contributed by atoms with E-state index in [0.29, 0.717) is 32.2 Å². The van der Waals surface area contributed by atoms with Crippen LogP contribution in [0, 0.1) is 0 Å². The van der Waals surface area contributed by atoms with Gasteiger partial charge in [0.1, 0.15) is 5.54 Å². The molecule has 148 valence electrons. The van der Waals surface area contributed by atoms with E-state index in [4.69, 9.17) is 5.73 Å². The number of nitrogens with one attached hydrogen (secondary N) is 1. The molecule has 1 aromatic carbocycles. The van der Waals surface area contributed by atoms with Crippen molar-refractivity contribution >= 4 is 21.8 Å². The Morgan fingerprint density at radius 3 is 2.33 bits per heavy atom. The number of carbonyl (C=O) groups excluding carboxylic acids is 2. The van der Waals surface area contributed by atoms with Crippen molar-refractivity contribution in [1.82, 2.24) is 9.62 Å². The van der Waals surface area contributed by atoms with Crippen LogP contribution in [0.5, 0.6) is 0 Å². The third-order valence-corrected chi connectivity index (χ3v) is 7.27. The fourth-order valence-electron chi connectivity index (χ4n) is 3.77. The summed E-state index contributed by atoms with van der Waals surface area (Å²) in [6.45, 7) is 0.439. The van der Waals surface area contributed by atoms with Crippen molar-refractivity contribution in [3.63, 3.8) is 0 Å². The van der Waals surface area contributed by atoms with Gasteiger partial charge < -0.3 is 16.2 Å². The van der Waals surface area contributed by atoms with Gasteiger partial charge in [0, 0.05) is 18.7 Å². The monoisotopic (exact) mass is 395 g/mol. The molecule has 1 saturated heterocycles. The fraction of sp³-hybridized carbons (Fsp3) is 0.556. The molecule has 27 heavy (non-hydrogen) atoms. The summed E-state index contributed by atoms with van der Waals surface area (Å²) in [6, 6.07) is 5.59. The quantitative estimate of drug-likeness (QED) is 0.663. The molecule has 1 aliphatic carbocycles. The number of aliphatic hydroxyl groups excluding tert-OH is 1. The maximum atomic E-state index is 12.7. The van der Waals surface area contributed by atoms with Gasteiger partial charge in [-0.25, -0.2) is 8.42 Å². The van der Waals surface area contributed by atoms with Crippen LogP contribution >= 0.6 is 0 Å². The first-order valence-corrected chi connectivity index (χ1v) is 10.6. The first-order valence-electron chi connectivity index (χ1n) is 9.15. The molecule has 1 saturated carbocycles.